The highest BCUT2D eigenvalue weighted by Gasteiger charge is 2.09. The first-order chi connectivity index (χ1) is 11.4. The van der Waals surface area contributed by atoms with Crippen molar-refractivity contribution < 1.29 is 13.2 Å². The summed E-state index contributed by atoms with van der Waals surface area (Å²) < 4.78 is 24.7. The molecule has 1 heterocycles. The number of carbonyl (C=O) groups excluding carboxylic acids is 1. The van der Waals surface area contributed by atoms with Crippen molar-refractivity contribution in [2.45, 2.75) is 0 Å². The van der Waals surface area contributed by atoms with Crippen molar-refractivity contribution in [3.63, 3.8) is 0 Å². The molecule has 3 rings (SSSR count). The van der Waals surface area contributed by atoms with Gasteiger partial charge in [0.1, 0.15) is 0 Å². The number of carbonyl (C=O) groups is 1. The van der Waals surface area contributed by atoms with Crippen LogP contribution in [0.3, 0.4) is 0 Å². The minimum atomic E-state index is -3.34. The van der Waals surface area contributed by atoms with Gasteiger partial charge in [0.25, 0.3) is 5.91 Å². The lowest BCUT2D eigenvalue weighted by Crippen LogP contribution is -2.13. The Morgan fingerprint density at radius 1 is 1.00 bits per heavy atom. The Hall–Kier alpha value is -2.93. The number of sulfonamides is 1. The first-order valence-electron chi connectivity index (χ1n) is 7.15. The second kappa shape index (κ2) is 6.29. The zero-order valence-electron chi connectivity index (χ0n) is 12.9. The van der Waals surface area contributed by atoms with Crippen LogP contribution < -0.4 is 10.0 Å². The van der Waals surface area contributed by atoms with E-state index in [1.54, 1.807) is 30.5 Å². The molecule has 0 saturated carbocycles. The second-order valence-electron chi connectivity index (χ2n) is 5.28. The third kappa shape index (κ3) is 3.69. The number of nitrogens with zero attached hydrogens (tertiary/aromatic N) is 1. The number of rotatable bonds is 4. The Morgan fingerprint density at radius 2 is 1.75 bits per heavy atom. The molecule has 1 aromatic heterocycles. The average molecular weight is 341 g/mol. The van der Waals surface area contributed by atoms with E-state index in [9.17, 15) is 13.2 Å². The van der Waals surface area contributed by atoms with Crippen LogP contribution in [0.15, 0.2) is 60.8 Å². The molecule has 7 heteroatoms. The van der Waals surface area contributed by atoms with Gasteiger partial charge in [0.2, 0.25) is 10.0 Å². The lowest BCUT2D eigenvalue weighted by atomic mass is 10.1. The van der Waals surface area contributed by atoms with E-state index >= 15 is 0 Å². The molecular weight excluding hydrogens is 326 g/mol. The molecule has 1 amide bonds. The van der Waals surface area contributed by atoms with Crippen molar-refractivity contribution in [1.82, 2.24) is 4.98 Å². The van der Waals surface area contributed by atoms with Crippen LogP contribution in [0.4, 0.5) is 11.4 Å². The Kier molecular flexibility index (Phi) is 4.18. The Labute approximate surface area is 139 Å². The summed E-state index contributed by atoms with van der Waals surface area (Å²) in [6, 6.07) is 15.4. The number of benzene rings is 2. The molecule has 6 nitrogen and oxygen atoms in total. The number of nitrogens with one attached hydrogen (secondary N) is 2. The SMILES string of the molecule is CS(=O)(=O)Nc1ccc(C(=O)Nc2cccc3ncccc23)cc1. The molecule has 0 unspecified atom stereocenters. The van der Waals surface area contributed by atoms with Gasteiger partial charge in [-0.15, -0.1) is 0 Å². The van der Waals surface area contributed by atoms with Gasteiger partial charge in [0, 0.05) is 22.8 Å². The van der Waals surface area contributed by atoms with Crippen LogP contribution in [-0.4, -0.2) is 25.6 Å². The second-order valence-corrected chi connectivity index (χ2v) is 7.03. The normalized spacial score (nSPS) is 11.2. The average Bonchev–Trinajstić information content (AvgIpc) is 2.54. The number of anilines is 2. The molecule has 0 fully saturated rings. The van der Waals surface area contributed by atoms with E-state index in [4.69, 9.17) is 0 Å². The van der Waals surface area contributed by atoms with Crippen LogP contribution in [0.2, 0.25) is 0 Å². The minimum Gasteiger partial charge on any atom is -0.321 e. The molecule has 0 atom stereocenters. The Morgan fingerprint density at radius 3 is 2.46 bits per heavy atom. The van der Waals surface area contributed by atoms with Gasteiger partial charge >= 0.3 is 0 Å². The maximum atomic E-state index is 12.4. The van der Waals surface area contributed by atoms with Crippen LogP contribution in [0, 0.1) is 0 Å². The van der Waals surface area contributed by atoms with Crippen LogP contribution in [-0.2, 0) is 10.0 Å². The molecule has 0 radical (unpaired) electrons. The molecule has 2 aromatic carbocycles. The highest BCUT2D eigenvalue weighted by molar-refractivity contribution is 7.92. The van der Waals surface area contributed by atoms with Crippen molar-refractivity contribution in [3.05, 3.63) is 66.4 Å². The first-order valence-corrected chi connectivity index (χ1v) is 9.04. The summed E-state index contributed by atoms with van der Waals surface area (Å²) in [5, 5.41) is 3.70. The van der Waals surface area contributed by atoms with Gasteiger partial charge in [0.15, 0.2) is 0 Å². The lowest BCUT2D eigenvalue weighted by Gasteiger charge is -2.09. The summed E-state index contributed by atoms with van der Waals surface area (Å²) >= 11 is 0. The van der Waals surface area contributed by atoms with E-state index in [2.05, 4.69) is 15.0 Å². The van der Waals surface area contributed by atoms with Crippen molar-refractivity contribution in [2.24, 2.45) is 0 Å². The van der Waals surface area contributed by atoms with E-state index in [-0.39, 0.29) is 5.91 Å². The third-order valence-corrected chi connectivity index (χ3v) is 3.95. The molecule has 0 saturated heterocycles. The van der Waals surface area contributed by atoms with E-state index in [1.807, 2.05) is 30.3 Å². The zero-order valence-corrected chi connectivity index (χ0v) is 13.7. The molecular formula is C17H15N3O3S. The van der Waals surface area contributed by atoms with E-state index in [1.165, 1.54) is 0 Å². The number of hydrogen-bond acceptors (Lipinski definition) is 4. The fraction of sp³-hybridized carbons (Fsp3) is 0.0588. The van der Waals surface area contributed by atoms with Gasteiger partial charge in [-0.25, -0.2) is 8.42 Å². The number of hydrogen-bond donors (Lipinski definition) is 2. The minimum absolute atomic E-state index is 0.280. The van der Waals surface area contributed by atoms with Gasteiger partial charge in [0.05, 0.1) is 17.5 Å². The van der Waals surface area contributed by atoms with Gasteiger partial charge in [-0.2, -0.15) is 0 Å². The summed E-state index contributed by atoms with van der Waals surface area (Å²) in [6.45, 7) is 0. The van der Waals surface area contributed by atoms with Gasteiger partial charge < -0.3 is 5.32 Å². The van der Waals surface area contributed by atoms with E-state index in [0.717, 1.165) is 17.2 Å². The summed E-state index contributed by atoms with van der Waals surface area (Å²) in [4.78, 5) is 16.6. The number of pyridine rings is 1. The summed E-state index contributed by atoms with van der Waals surface area (Å²) in [7, 11) is -3.34. The highest BCUT2D eigenvalue weighted by atomic mass is 32.2. The first kappa shape index (κ1) is 15.9. The molecule has 0 aliphatic rings. The molecule has 0 spiro atoms. The number of amides is 1. The van der Waals surface area contributed by atoms with E-state index < -0.39 is 10.0 Å². The van der Waals surface area contributed by atoms with Crippen LogP contribution in [0.5, 0.6) is 0 Å². The highest BCUT2D eigenvalue weighted by Crippen LogP contribution is 2.22. The fourth-order valence-electron chi connectivity index (χ4n) is 2.31. The molecule has 0 aliphatic heterocycles. The lowest BCUT2D eigenvalue weighted by molar-refractivity contribution is 0.102. The largest absolute Gasteiger partial charge is 0.321 e. The summed E-state index contributed by atoms with van der Waals surface area (Å²) in [5.74, 6) is -0.280. The summed E-state index contributed by atoms with van der Waals surface area (Å²) in [6.07, 6.45) is 2.77. The Bertz CT molecular complexity index is 994. The van der Waals surface area contributed by atoms with Crippen molar-refractivity contribution in [3.8, 4) is 0 Å². The predicted octanol–water partition coefficient (Wildman–Crippen LogP) is 2.86. The maximum Gasteiger partial charge on any atom is 0.255 e. The van der Waals surface area contributed by atoms with Gasteiger partial charge in [-0.05, 0) is 48.5 Å². The van der Waals surface area contributed by atoms with Crippen LogP contribution in [0.1, 0.15) is 10.4 Å². The molecule has 0 bridgehead atoms. The van der Waals surface area contributed by atoms with Gasteiger partial charge in [-0.1, -0.05) is 6.07 Å². The van der Waals surface area contributed by atoms with Crippen molar-refractivity contribution in [1.29, 1.82) is 0 Å². The smallest absolute Gasteiger partial charge is 0.255 e. The maximum absolute atomic E-state index is 12.4. The number of aromatic nitrogens is 1. The van der Waals surface area contributed by atoms with Crippen molar-refractivity contribution >= 4 is 38.2 Å². The molecule has 2 N–H and O–H groups in total. The van der Waals surface area contributed by atoms with Crippen LogP contribution >= 0.6 is 0 Å². The van der Waals surface area contributed by atoms with E-state index in [0.29, 0.717) is 16.9 Å². The molecule has 3 aromatic rings. The topological polar surface area (TPSA) is 88.2 Å². The standard InChI is InChI=1S/C17H15N3O3S/c1-24(22,23)20-13-9-7-12(8-10-13)17(21)19-16-6-2-5-15-14(16)4-3-11-18-15/h2-11,20H,1H3,(H,19,21). The fourth-order valence-corrected chi connectivity index (χ4v) is 2.87. The third-order valence-electron chi connectivity index (χ3n) is 3.34. The quantitative estimate of drug-likeness (QED) is 0.764. The van der Waals surface area contributed by atoms with Crippen molar-refractivity contribution in [2.75, 3.05) is 16.3 Å². The summed E-state index contributed by atoms with van der Waals surface area (Å²) in [5.41, 5.74) is 2.30. The Balaban J connectivity index is 1.82. The zero-order chi connectivity index (χ0) is 17.2. The predicted molar refractivity (Wildman–Crippen MR) is 94.6 cm³/mol. The molecule has 0 aliphatic carbocycles. The monoisotopic (exact) mass is 341 g/mol. The molecule has 122 valence electrons. The molecule has 24 heavy (non-hydrogen) atoms. The number of fused-ring (bicyclic) bond motifs is 1. The van der Waals surface area contributed by atoms with Gasteiger partial charge in [-0.3, -0.25) is 14.5 Å². The van der Waals surface area contributed by atoms with Crippen LogP contribution in [0.25, 0.3) is 10.9 Å².